The zero-order chi connectivity index (χ0) is 19.4. The van der Waals surface area contributed by atoms with Gasteiger partial charge in [-0.15, -0.1) is 10.2 Å². The number of nitrogens with zero attached hydrogens (tertiary/aromatic N) is 6. The third-order valence-electron chi connectivity index (χ3n) is 3.87. The van der Waals surface area contributed by atoms with Gasteiger partial charge in [-0.3, -0.25) is 9.78 Å². The molecule has 0 bridgehead atoms. The molecule has 0 aliphatic heterocycles. The van der Waals surface area contributed by atoms with E-state index < -0.39 is 0 Å². The number of carbonyl (C=O) groups excluding carboxylic acids is 1. The number of carbonyl (C=O) groups is 1. The van der Waals surface area contributed by atoms with E-state index in [1.54, 1.807) is 35.5 Å². The van der Waals surface area contributed by atoms with Crippen LogP contribution >= 0.6 is 0 Å². The minimum atomic E-state index is -0.359. The number of halogens is 1. The fraction of sp³-hybridized carbons (Fsp3) is 0.316. The molecule has 0 saturated heterocycles. The highest BCUT2D eigenvalue weighted by atomic mass is 19.1. The zero-order valence-corrected chi connectivity index (χ0v) is 15.5. The van der Waals surface area contributed by atoms with Gasteiger partial charge in [0.25, 0.3) is 0 Å². The van der Waals surface area contributed by atoms with Gasteiger partial charge in [0, 0.05) is 18.1 Å². The number of tetrazole rings is 1. The normalized spacial score (nSPS) is 11.4. The second kappa shape index (κ2) is 7.61. The molecule has 3 rings (SSSR count). The lowest BCUT2D eigenvalue weighted by atomic mass is 10.1. The molecule has 0 fully saturated rings. The van der Waals surface area contributed by atoms with E-state index in [-0.39, 0.29) is 23.7 Å². The molecule has 0 aliphatic rings. The van der Waals surface area contributed by atoms with Crippen LogP contribution in [0, 0.1) is 5.82 Å². The highest BCUT2D eigenvalue weighted by molar-refractivity contribution is 5.94. The van der Waals surface area contributed by atoms with E-state index in [9.17, 15) is 9.18 Å². The molecule has 8 heteroatoms. The molecule has 140 valence electrons. The lowest BCUT2D eigenvalue weighted by molar-refractivity contribution is -0.118. The number of pyridine rings is 1. The van der Waals surface area contributed by atoms with Gasteiger partial charge < -0.3 is 4.90 Å². The van der Waals surface area contributed by atoms with E-state index >= 15 is 0 Å². The summed E-state index contributed by atoms with van der Waals surface area (Å²) in [5, 5.41) is 12.3. The van der Waals surface area contributed by atoms with Gasteiger partial charge >= 0.3 is 0 Å². The van der Waals surface area contributed by atoms with Crippen molar-refractivity contribution < 1.29 is 9.18 Å². The third-order valence-corrected chi connectivity index (χ3v) is 3.87. The van der Waals surface area contributed by atoms with Crippen LogP contribution in [-0.4, -0.2) is 31.1 Å². The van der Waals surface area contributed by atoms with Crippen LogP contribution in [-0.2, 0) is 23.3 Å². The number of hydrogen-bond donors (Lipinski definition) is 0. The van der Waals surface area contributed by atoms with Gasteiger partial charge in [0.15, 0.2) is 5.82 Å². The van der Waals surface area contributed by atoms with Crippen LogP contribution < -0.4 is 4.90 Å². The number of aromatic nitrogens is 5. The summed E-state index contributed by atoms with van der Waals surface area (Å²) < 4.78 is 13.3. The van der Waals surface area contributed by atoms with Crippen molar-refractivity contribution in [1.29, 1.82) is 0 Å². The topological polar surface area (TPSA) is 76.8 Å². The Balaban J connectivity index is 1.84. The van der Waals surface area contributed by atoms with Crippen LogP contribution in [0.25, 0.3) is 0 Å². The monoisotopic (exact) mass is 368 g/mol. The Kier molecular flexibility index (Phi) is 5.25. The number of rotatable bonds is 5. The molecule has 7 nitrogen and oxygen atoms in total. The quantitative estimate of drug-likeness (QED) is 0.692. The molecule has 27 heavy (non-hydrogen) atoms. The number of anilines is 1. The van der Waals surface area contributed by atoms with E-state index in [1.807, 2.05) is 26.8 Å². The van der Waals surface area contributed by atoms with Crippen LogP contribution in [0.5, 0.6) is 0 Å². The fourth-order valence-electron chi connectivity index (χ4n) is 2.45. The molecule has 0 aliphatic carbocycles. The number of amides is 1. The second-order valence-corrected chi connectivity index (χ2v) is 7.16. The SMILES string of the molecule is CC(C)(C)n1nnc(CC(=O)N(Cc2cccnc2)c2ccc(F)cc2)n1. The molecule has 0 atom stereocenters. The summed E-state index contributed by atoms with van der Waals surface area (Å²) in [5.74, 6) is -0.227. The molecule has 1 amide bonds. The molecule has 0 radical (unpaired) electrons. The number of benzene rings is 1. The minimum absolute atomic E-state index is 0.00623. The van der Waals surface area contributed by atoms with Gasteiger partial charge in [-0.05, 0) is 61.9 Å². The maximum atomic E-state index is 13.3. The average Bonchev–Trinajstić information content (AvgIpc) is 3.10. The summed E-state index contributed by atoms with van der Waals surface area (Å²) in [6.07, 6.45) is 3.36. The molecule has 0 unspecified atom stereocenters. The van der Waals surface area contributed by atoms with Crippen molar-refractivity contribution in [2.24, 2.45) is 0 Å². The first-order valence-corrected chi connectivity index (χ1v) is 8.57. The standard InChI is InChI=1S/C19H21FN6O/c1-19(2,3)26-23-17(22-24-26)11-18(27)25(13-14-5-4-10-21-12-14)16-8-6-15(20)7-9-16/h4-10,12H,11,13H2,1-3H3. The first kappa shape index (κ1) is 18.6. The highest BCUT2D eigenvalue weighted by Crippen LogP contribution is 2.19. The Morgan fingerprint density at radius 3 is 2.52 bits per heavy atom. The van der Waals surface area contributed by atoms with Gasteiger partial charge in [-0.25, -0.2) is 4.39 Å². The van der Waals surface area contributed by atoms with Crippen LogP contribution in [0.1, 0.15) is 32.2 Å². The van der Waals surface area contributed by atoms with Crippen LogP contribution in [0.2, 0.25) is 0 Å². The highest BCUT2D eigenvalue weighted by Gasteiger charge is 2.22. The molecule has 3 aromatic rings. The van der Waals surface area contributed by atoms with Gasteiger partial charge in [0.2, 0.25) is 5.91 Å². The summed E-state index contributed by atoms with van der Waals surface area (Å²) in [4.78, 5) is 20.1. The summed E-state index contributed by atoms with van der Waals surface area (Å²) in [6.45, 7) is 6.17. The Morgan fingerprint density at radius 1 is 1.19 bits per heavy atom. The van der Waals surface area contributed by atoms with Crippen molar-refractivity contribution in [1.82, 2.24) is 25.2 Å². The van der Waals surface area contributed by atoms with E-state index in [0.29, 0.717) is 18.1 Å². The minimum Gasteiger partial charge on any atom is -0.308 e. The Bertz CT molecular complexity index is 902. The lowest BCUT2D eigenvalue weighted by Crippen LogP contribution is -2.32. The Labute approximate surface area is 156 Å². The van der Waals surface area contributed by atoms with Gasteiger partial charge in [-0.1, -0.05) is 6.07 Å². The van der Waals surface area contributed by atoms with E-state index in [1.165, 1.54) is 16.9 Å². The molecule has 0 saturated carbocycles. The molecular weight excluding hydrogens is 347 g/mol. The van der Waals surface area contributed by atoms with E-state index in [2.05, 4.69) is 20.4 Å². The summed E-state index contributed by atoms with van der Waals surface area (Å²) in [6, 6.07) is 9.48. The van der Waals surface area contributed by atoms with Crippen molar-refractivity contribution in [3.8, 4) is 0 Å². The predicted molar refractivity (Wildman–Crippen MR) is 98.3 cm³/mol. The molecule has 0 spiro atoms. The van der Waals surface area contributed by atoms with Crippen LogP contribution in [0.3, 0.4) is 0 Å². The van der Waals surface area contributed by atoms with Crippen molar-refractivity contribution in [2.45, 2.75) is 39.3 Å². The lowest BCUT2D eigenvalue weighted by Gasteiger charge is -2.22. The van der Waals surface area contributed by atoms with Crippen LogP contribution in [0.4, 0.5) is 10.1 Å². The van der Waals surface area contributed by atoms with Gasteiger partial charge in [0.1, 0.15) is 5.82 Å². The van der Waals surface area contributed by atoms with E-state index in [4.69, 9.17) is 0 Å². The van der Waals surface area contributed by atoms with E-state index in [0.717, 1.165) is 5.56 Å². The smallest absolute Gasteiger partial charge is 0.235 e. The predicted octanol–water partition coefficient (Wildman–Crippen LogP) is 2.74. The Morgan fingerprint density at radius 2 is 1.93 bits per heavy atom. The van der Waals surface area contributed by atoms with Gasteiger partial charge in [0.05, 0.1) is 18.5 Å². The molecular formula is C19H21FN6O. The van der Waals surface area contributed by atoms with Crippen molar-refractivity contribution in [3.05, 3.63) is 66.0 Å². The van der Waals surface area contributed by atoms with Crippen molar-refractivity contribution in [2.75, 3.05) is 4.90 Å². The average molecular weight is 368 g/mol. The fourth-order valence-corrected chi connectivity index (χ4v) is 2.45. The zero-order valence-electron chi connectivity index (χ0n) is 15.5. The Hall–Kier alpha value is -3.16. The number of hydrogen-bond acceptors (Lipinski definition) is 5. The molecule has 2 aromatic heterocycles. The molecule has 2 heterocycles. The van der Waals surface area contributed by atoms with Crippen molar-refractivity contribution in [3.63, 3.8) is 0 Å². The van der Waals surface area contributed by atoms with Gasteiger partial charge in [-0.2, -0.15) is 4.80 Å². The first-order chi connectivity index (χ1) is 12.8. The summed E-state index contributed by atoms with van der Waals surface area (Å²) in [7, 11) is 0. The molecule has 1 aromatic carbocycles. The second-order valence-electron chi connectivity index (χ2n) is 7.16. The summed E-state index contributed by atoms with van der Waals surface area (Å²) in [5.41, 5.74) is 1.13. The first-order valence-electron chi connectivity index (χ1n) is 8.57. The van der Waals surface area contributed by atoms with Crippen LogP contribution in [0.15, 0.2) is 48.8 Å². The summed E-state index contributed by atoms with van der Waals surface area (Å²) >= 11 is 0. The van der Waals surface area contributed by atoms with Crippen molar-refractivity contribution >= 4 is 11.6 Å². The third kappa shape index (κ3) is 4.72. The maximum Gasteiger partial charge on any atom is 0.235 e. The maximum absolute atomic E-state index is 13.3. The molecule has 0 N–H and O–H groups in total. The largest absolute Gasteiger partial charge is 0.308 e.